The Morgan fingerprint density at radius 1 is 0.833 bits per heavy atom. The maximum atomic E-state index is 12.6. The summed E-state index contributed by atoms with van der Waals surface area (Å²) in [5.74, 6) is 0. The van der Waals surface area contributed by atoms with E-state index in [0.717, 1.165) is 0 Å². The van der Waals surface area contributed by atoms with E-state index in [1.807, 2.05) is 4.74 Å². The quantitative estimate of drug-likeness (QED) is 0.273. The van der Waals surface area contributed by atoms with Crippen LogP contribution in [0.3, 0.4) is 0 Å². The van der Waals surface area contributed by atoms with Gasteiger partial charge in [0, 0.05) is 0 Å². The molecule has 18 heteroatoms. The van der Waals surface area contributed by atoms with Crippen LogP contribution in [-0.2, 0) is 19.6 Å². The minimum absolute atomic E-state index is 0. The zero-order valence-electron chi connectivity index (χ0n) is 11.6. The SMILES string of the molecule is O=S(=O)(O)C(F)(F)C(F)(F)OC(F)(F)C(F)(F)OC(F)=C(F)F.[H-].[K+]. The molecule has 0 radical (unpaired) electrons. The first-order valence-corrected chi connectivity index (χ1v) is 5.81. The summed E-state index contributed by atoms with van der Waals surface area (Å²) in [5, 5.41) is -6.86. The Morgan fingerprint density at radius 3 is 1.50 bits per heavy atom. The molecule has 0 saturated heterocycles. The Hall–Kier alpha value is 0.276. The molecule has 140 valence electrons. The van der Waals surface area contributed by atoms with Crippen LogP contribution in [0.4, 0.5) is 48.3 Å². The summed E-state index contributed by atoms with van der Waals surface area (Å²) in [4.78, 5) is 0. The normalized spacial score (nSPS) is 14.0. The number of ether oxygens (including phenoxy) is 2. The molecule has 0 saturated carbocycles. The molecule has 0 aliphatic heterocycles. The first-order chi connectivity index (χ1) is 9.78. The molecular weight excluding hydrogens is 432 g/mol. The first-order valence-electron chi connectivity index (χ1n) is 4.37. The van der Waals surface area contributed by atoms with Gasteiger partial charge in [0.2, 0.25) is 0 Å². The minimum atomic E-state index is -7.15. The van der Waals surface area contributed by atoms with Crippen molar-refractivity contribution in [3.63, 3.8) is 0 Å². The maximum Gasteiger partial charge on any atom is 1.00 e. The van der Waals surface area contributed by atoms with E-state index < -0.39 is 45.8 Å². The van der Waals surface area contributed by atoms with Gasteiger partial charge in [-0.25, -0.2) is 4.74 Å². The predicted molar refractivity (Wildman–Crippen MR) is 45.0 cm³/mol. The number of hydrogen-bond acceptors (Lipinski definition) is 4. The van der Waals surface area contributed by atoms with Crippen LogP contribution in [0.15, 0.2) is 12.1 Å². The van der Waals surface area contributed by atoms with Crippen LogP contribution in [0.25, 0.3) is 0 Å². The molecule has 0 fully saturated rings. The van der Waals surface area contributed by atoms with Crippen LogP contribution < -0.4 is 51.4 Å². The summed E-state index contributed by atoms with van der Waals surface area (Å²) < 4.78 is 166. The first kappa shape index (κ1) is 26.5. The van der Waals surface area contributed by atoms with E-state index in [4.69, 9.17) is 4.55 Å². The van der Waals surface area contributed by atoms with Crippen LogP contribution in [0, 0.1) is 0 Å². The summed E-state index contributed by atoms with van der Waals surface area (Å²) in [6.07, 6.45) is -24.4. The van der Waals surface area contributed by atoms with Crippen molar-refractivity contribution >= 4 is 10.1 Å². The smallest absolute Gasteiger partial charge is 1.00 e. The Morgan fingerprint density at radius 2 is 1.21 bits per heavy atom. The maximum absolute atomic E-state index is 12.6. The van der Waals surface area contributed by atoms with E-state index in [2.05, 4.69) is 0 Å². The summed E-state index contributed by atoms with van der Waals surface area (Å²) in [6.45, 7) is 0. The van der Waals surface area contributed by atoms with E-state index in [0.29, 0.717) is 0 Å². The second-order valence-corrected chi connectivity index (χ2v) is 4.74. The van der Waals surface area contributed by atoms with Gasteiger partial charge in [0.1, 0.15) is 0 Å². The zero-order valence-corrected chi connectivity index (χ0v) is 14.6. The van der Waals surface area contributed by atoms with Crippen LogP contribution in [0.1, 0.15) is 1.43 Å². The largest absolute Gasteiger partial charge is 1.00 e. The fourth-order valence-corrected chi connectivity index (χ4v) is 0.982. The average molecular weight is 434 g/mol. The summed E-state index contributed by atoms with van der Waals surface area (Å²) >= 11 is 0. The molecule has 5 nitrogen and oxygen atoms in total. The van der Waals surface area contributed by atoms with Gasteiger partial charge in [-0.1, -0.05) is 0 Å². The summed E-state index contributed by atoms with van der Waals surface area (Å²) in [6, 6.07) is -3.69. The molecule has 0 bridgehead atoms. The zero-order chi connectivity index (χ0) is 19.1. The molecular formula is C6H2F11KO5S. The molecule has 0 rings (SSSR count). The van der Waals surface area contributed by atoms with E-state index in [1.165, 1.54) is 0 Å². The second-order valence-electron chi connectivity index (χ2n) is 3.28. The second kappa shape index (κ2) is 7.88. The van der Waals surface area contributed by atoms with Gasteiger partial charge in [0.05, 0.1) is 0 Å². The Balaban J connectivity index is -0.00000242. The molecule has 0 amide bonds. The molecule has 0 unspecified atom stereocenters. The van der Waals surface area contributed by atoms with Gasteiger partial charge in [-0.2, -0.15) is 56.7 Å². The van der Waals surface area contributed by atoms with E-state index in [1.54, 1.807) is 4.74 Å². The van der Waals surface area contributed by atoms with Crippen molar-refractivity contribution in [3.8, 4) is 0 Å². The topological polar surface area (TPSA) is 72.8 Å². The van der Waals surface area contributed by atoms with Crippen molar-refractivity contribution in [1.82, 2.24) is 0 Å². The van der Waals surface area contributed by atoms with Gasteiger partial charge in [-0.05, 0) is 0 Å². The van der Waals surface area contributed by atoms with Gasteiger partial charge < -0.3 is 6.16 Å². The van der Waals surface area contributed by atoms with Crippen LogP contribution >= 0.6 is 0 Å². The van der Waals surface area contributed by atoms with Gasteiger partial charge >= 0.3 is 97.2 Å². The van der Waals surface area contributed by atoms with Crippen LogP contribution in [0.2, 0.25) is 0 Å². The summed E-state index contributed by atoms with van der Waals surface area (Å²) in [7, 11) is -7.15. The number of alkyl halides is 8. The molecule has 1 N–H and O–H groups in total. The molecule has 0 heterocycles. The van der Waals surface area contributed by atoms with Crippen LogP contribution in [0.5, 0.6) is 0 Å². The standard InChI is InChI=1S/C6HF11O5S.K.H/c7-1(8)2(9)21-3(10,11)4(12,13)22-5(14,15)6(16,17)23(18,19)20;;/h(H,18,19,20);;/q;+1;-1. The average Bonchev–Trinajstić information content (AvgIpc) is 2.24. The molecule has 24 heavy (non-hydrogen) atoms. The van der Waals surface area contributed by atoms with Gasteiger partial charge in [-0.3, -0.25) is 4.55 Å². The number of halogens is 11. The third kappa shape index (κ3) is 5.64. The number of rotatable bonds is 7. The minimum Gasteiger partial charge on any atom is -1.00 e. The van der Waals surface area contributed by atoms with Gasteiger partial charge in [-0.15, -0.1) is 0 Å². The van der Waals surface area contributed by atoms with Gasteiger partial charge in [0.15, 0.2) is 0 Å². The van der Waals surface area contributed by atoms with Crippen molar-refractivity contribution in [3.05, 3.63) is 12.1 Å². The Labute approximate surface area is 168 Å². The van der Waals surface area contributed by atoms with E-state index in [9.17, 15) is 56.7 Å². The van der Waals surface area contributed by atoms with Crippen LogP contribution in [-0.4, -0.2) is 36.6 Å². The fourth-order valence-electron chi connectivity index (χ4n) is 0.640. The van der Waals surface area contributed by atoms with Crippen molar-refractivity contribution in [2.45, 2.75) is 23.6 Å². The fraction of sp³-hybridized carbons (Fsp3) is 0.667. The molecule has 0 aromatic heterocycles. The predicted octanol–water partition coefficient (Wildman–Crippen LogP) is 0.430. The molecule has 0 aliphatic rings. The van der Waals surface area contributed by atoms with Crippen molar-refractivity contribution < 1.29 is 124 Å². The summed E-state index contributed by atoms with van der Waals surface area (Å²) in [5.41, 5.74) is 0. The molecule has 0 aromatic rings. The molecule has 0 aliphatic carbocycles. The van der Waals surface area contributed by atoms with Crippen molar-refractivity contribution in [2.24, 2.45) is 0 Å². The Bertz CT molecular complexity index is 590. The van der Waals surface area contributed by atoms with E-state index >= 15 is 0 Å². The molecule has 0 atom stereocenters. The van der Waals surface area contributed by atoms with Gasteiger partial charge in [0.25, 0.3) is 0 Å². The Kier molecular flexibility index (Phi) is 8.71. The monoisotopic (exact) mass is 434 g/mol. The number of hydrogen-bond donors (Lipinski definition) is 1. The third-order valence-corrected chi connectivity index (χ3v) is 2.51. The van der Waals surface area contributed by atoms with Crippen molar-refractivity contribution in [2.75, 3.05) is 0 Å². The van der Waals surface area contributed by atoms with Crippen molar-refractivity contribution in [1.29, 1.82) is 0 Å². The molecule has 0 aromatic carbocycles. The van der Waals surface area contributed by atoms with E-state index in [-0.39, 0.29) is 52.8 Å². The third-order valence-electron chi connectivity index (χ3n) is 1.62. The molecule has 0 spiro atoms.